The van der Waals surface area contributed by atoms with Crippen molar-refractivity contribution in [3.8, 4) is 0 Å². The number of hydrogen-bond donors (Lipinski definition) is 3. The molecule has 0 saturated heterocycles. The number of aromatic carboxylic acids is 1. The zero-order valence-electron chi connectivity index (χ0n) is 13.9. The van der Waals surface area contributed by atoms with Crippen LogP contribution in [0.3, 0.4) is 0 Å². The summed E-state index contributed by atoms with van der Waals surface area (Å²) in [4.78, 5) is 19.7. The van der Waals surface area contributed by atoms with Gasteiger partial charge in [-0.2, -0.15) is 4.98 Å². The van der Waals surface area contributed by atoms with Gasteiger partial charge >= 0.3 is 5.97 Å². The highest BCUT2D eigenvalue weighted by atomic mass is 16.4. The second-order valence-electron chi connectivity index (χ2n) is 5.78. The van der Waals surface area contributed by atoms with E-state index in [0.717, 1.165) is 16.8 Å². The van der Waals surface area contributed by atoms with Gasteiger partial charge in [0.25, 0.3) is 0 Å². The number of rotatable bonds is 5. The van der Waals surface area contributed by atoms with E-state index in [9.17, 15) is 4.79 Å². The molecule has 0 spiro atoms. The molecule has 3 rings (SSSR count). The smallest absolute Gasteiger partial charge is 0.335 e. The number of carboxylic acid groups (broad SMARTS) is 1. The first-order valence-electron chi connectivity index (χ1n) is 7.78. The summed E-state index contributed by atoms with van der Waals surface area (Å²) in [5, 5.41) is 15.3. The van der Waals surface area contributed by atoms with Crippen molar-refractivity contribution in [1.29, 1.82) is 0 Å². The Hall–Kier alpha value is -3.41. The SMILES string of the molecule is Cc1cc(C)cc(Nc2nccc(Nc3cccc(C(=O)O)c3)n2)c1. The molecule has 0 amide bonds. The van der Waals surface area contributed by atoms with Gasteiger partial charge < -0.3 is 15.7 Å². The number of benzene rings is 2. The summed E-state index contributed by atoms with van der Waals surface area (Å²) in [5.74, 6) is 0.0670. The lowest BCUT2D eigenvalue weighted by Gasteiger charge is -2.10. The van der Waals surface area contributed by atoms with Crippen LogP contribution in [0.25, 0.3) is 0 Å². The van der Waals surface area contributed by atoms with Crippen molar-refractivity contribution in [2.75, 3.05) is 10.6 Å². The highest BCUT2D eigenvalue weighted by Crippen LogP contribution is 2.20. The predicted molar refractivity (Wildman–Crippen MR) is 97.9 cm³/mol. The molecule has 0 aliphatic heterocycles. The van der Waals surface area contributed by atoms with Gasteiger partial charge in [0, 0.05) is 17.6 Å². The molecule has 0 aliphatic carbocycles. The molecule has 0 radical (unpaired) electrons. The van der Waals surface area contributed by atoms with Gasteiger partial charge in [0.15, 0.2) is 0 Å². The lowest BCUT2D eigenvalue weighted by atomic mass is 10.1. The summed E-state index contributed by atoms with van der Waals surface area (Å²) in [7, 11) is 0. The quantitative estimate of drug-likeness (QED) is 0.645. The average Bonchev–Trinajstić information content (AvgIpc) is 2.54. The number of anilines is 4. The lowest BCUT2D eigenvalue weighted by Crippen LogP contribution is -2.02. The van der Waals surface area contributed by atoms with Crippen LogP contribution in [0.5, 0.6) is 0 Å². The van der Waals surface area contributed by atoms with Crippen molar-refractivity contribution in [3.63, 3.8) is 0 Å². The average molecular weight is 334 g/mol. The van der Waals surface area contributed by atoms with Crippen LogP contribution in [0, 0.1) is 13.8 Å². The van der Waals surface area contributed by atoms with Crippen LogP contribution in [0.1, 0.15) is 21.5 Å². The molecule has 0 aliphatic rings. The third-order valence-corrected chi connectivity index (χ3v) is 3.52. The first-order valence-corrected chi connectivity index (χ1v) is 7.78. The fourth-order valence-corrected chi connectivity index (χ4v) is 2.54. The maximum absolute atomic E-state index is 11.1. The van der Waals surface area contributed by atoms with Crippen LogP contribution in [0.4, 0.5) is 23.1 Å². The number of aryl methyl sites for hydroxylation is 2. The zero-order valence-corrected chi connectivity index (χ0v) is 13.9. The van der Waals surface area contributed by atoms with Gasteiger partial charge in [-0.1, -0.05) is 12.1 Å². The Kier molecular flexibility index (Phi) is 4.61. The Morgan fingerprint density at radius 1 is 0.960 bits per heavy atom. The van der Waals surface area contributed by atoms with Crippen LogP contribution >= 0.6 is 0 Å². The van der Waals surface area contributed by atoms with Crippen LogP contribution < -0.4 is 10.6 Å². The first-order chi connectivity index (χ1) is 12.0. The number of hydrogen-bond acceptors (Lipinski definition) is 5. The maximum Gasteiger partial charge on any atom is 0.335 e. The molecule has 1 heterocycles. The Morgan fingerprint density at radius 2 is 1.72 bits per heavy atom. The summed E-state index contributed by atoms with van der Waals surface area (Å²) in [6, 6.07) is 14.4. The Bertz CT molecular complexity index is 905. The van der Waals surface area contributed by atoms with E-state index < -0.39 is 5.97 Å². The minimum Gasteiger partial charge on any atom is -0.478 e. The number of carboxylic acids is 1. The highest BCUT2D eigenvalue weighted by molar-refractivity contribution is 5.89. The van der Waals surface area contributed by atoms with Gasteiger partial charge in [0.05, 0.1) is 5.56 Å². The van der Waals surface area contributed by atoms with Crippen LogP contribution in [-0.4, -0.2) is 21.0 Å². The highest BCUT2D eigenvalue weighted by Gasteiger charge is 2.05. The maximum atomic E-state index is 11.1. The molecule has 126 valence electrons. The van der Waals surface area contributed by atoms with Crippen molar-refractivity contribution >= 4 is 29.1 Å². The normalized spacial score (nSPS) is 10.3. The number of nitrogens with zero attached hydrogens (tertiary/aromatic N) is 2. The standard InChI is InChI=1S/C19H18N4O2/c1-12-8-13(2)10-16(9-12)22-19-20-7-6-17(23-19)21-15-5-3-4-14(11-15)18(24)25/h3-11H,1-2H3,(H,24,25)(H2,20,21,22,23). The van der Waals surface area contributed by atoms with E-state index in [-0.39, 0.29) is 5.56 Å². The molecule has 6 heteroatoms. The molecule has 6 nitrogen and oxygen atoms in total. The summed E-state index contributed by atoms with van der Waals surface area (Å²) in [6.07, 6.45) is 1.64. The molecule has 2 aromatic carbocycles. The van der Waals surface area contributed by atoms with Gasteiger partial charge in [-0.25, -0.2) is 9.78 Å². The molecule has 0 atom stereocenters. The van der Waals surface area contributed by atoms with Crippen LogP contribution in [-0.2, 0) is 0 Å². The Labute approximate surface area is 145 Å². The second-order valence-corrected chi connectivity index (χ2v) is 5.78. The van der Waals surface area contributed by atoms with E-state index in [4.69, 9.17) is 5.11 Å². The third kappa shape index (κ3) is 4.32. The van der Waals surface area contributed by atoms with E-state index >= 15 is 0 Å². The van der Waals surface area contributed by atoms with Crippen molar-refractivity contribution in [2.45, 2.75) is 13.8 Å². The van der Waals surface area contributed by atoms with Gasteiger partial charge in [-0.05, 0) is 61.4 Å². The van der Waals surface area contributed by atoms with Crippen molar-refractivity contribution < 1.29 is 9.90 Å². The molecular formula is C19H18N4O2. The summed E-state index contributed by atoms with van der Waals surface area (Å²) < 4.78 is 0. The first kappa shape index (κ1) is 16.4. The van der Waals surface area contributed by atoms with Crippen LogP contribution in [0.2, 0.25) is 0 Å². The molecule has 0 unspecified atom stereocenters. The molecule has 3 N–H and O–H groups in total. The molecule has 0 fully saturated rings. The van der Waals surface area contributed by atoms with Gasteiger partial charge in [0.1, 0.15) is 5.82 Å². The Balaban J connectivity index is 1.79. The number of nitrogens with one attached hydrogen (secondary N) is 2. The van der Waals surface area contributed by atoms with E-state index in [1.54, 1.807) is 36.5 Å². The van der Waals surface area contributed by atoms with Gasteiger partial charge in [-0.15, -0.1) is 0 Å². The van der Waals surface area contributed by atoms with E-state index in [0.29, 0.717) is 17.5 Å². The lowest BCUT2D eigenvalue weighted by molar-refractivity contribution is 0.0697. The van der Waals surface area contributed by atoms with Gasteiger partial charge in [-0.3, -0.25) is 0 Å². The Morgan fingerprint density at radius 3 is 2.44 bits per heavy atom. The molecule has 1 aromatic heterocycles. The van der Waals surface area contributed by atoms with E-state index in [1.165, 1.54) is 0 Å². The summed E-state index contributed by atoms with van der Waals surface area (Å²) in [6.45, 7) is 4.07. The van der Waals surface area contributed by atoms with Crippen LogP contribution in [0.15, 0.2) is 54.7 Å². The largest absolute Gasteiger partial charge is 0.478 e. The predicted octanol–water partition coefficient (Wildman–Crippen LogP) is 4.28. The molecule has 25 heavy (non-hydrogen) atoms. The minimum atomic E-state index is -0.969. The third-order valence-electron chi connectivity index (χ3n) is 3.52. The molecule has 0 saturated carbocycles. The second kappa shape index (κ2) is 7.00. The van der Waals surface area contributed by atoms with Crippen molar-refractivity contribution in [3.05, 3.63) is 71.4 Å². The summed E-state index contributed by atoms with van der Waals surface area (Å²) >= 11 is 0. The van der Waals surface area contributed by atoms with E-state index in [2.05, 4.69) is 26.7 Å². The van der Waals surface area contributed by atoms with Crippen molar-refractivity contribution in [1.82, 2.24) is 9.97 Å². The zero-order chi connectivity index (χ0) is 17.8. The molecule has 3 aromatic rings. The minimum absolute atomic E-state index is 0.215. The van der Waals surface area contributed by atoms with Gasteiger partial charge in [0.2, 0.25) is 5.95 Å². The number of carbonyl (C=O) groups is 1. The monoisotopic (exact) mass is 334 g/mol. The fourth-order valence-electron chi connectivity index (χ4n) is 2.54. The van der Waals surface area contributed by atoms with E-state index in [1.807, 2.05) is 26.0 Å². The van der Waals surface area contributed by atoms with Crippen molar-refractivity contribution in [2.24, 2.45) is 0 Å². The summed E-state index contributed by atoms with van der Waals surface area (Å²) in [5.41, 5.74) is 4.09. The molecule has 0 bridgehead atoms. The number of aromatic nitrogens is 2. The fraction of sp³-hybridized carbons (Fsp3) is 0.105. The topological polar surface area (TPSA) is 87.1 Å². The molecular weight excluding hydrogens is 316 g/mol.